The Morgan fingerprint density at radius 3 is 2.68 bits per heavy atom. The standard InChI is InChI=1S/C17H15ClN4OS2/c1-22-11-19-21-17(22)24-10-16(23)20-14-4-2-3-5-15(14)25-13-8-6-12(18)7-9-13/h2-9,11H,10H2,1H3,(H,20,23). The Kier molecular flexibility index (Phi) is 6.01. The number of amides is 1. The van der Waals surface area contributed by atoms with Gasteiger partial charge in [-0.25, -0.2) is 0 Å². The number of carbonyl (C=O) groups is 1. The first-order valence-electron chi connectivity index (χ1n) is 7.41. The average Bonchev–Trinajstić information content (AvgIpc) is 3.02. The predicted octanol–water partition coefficient (Wildman–Crippen LogP) is 4.35. The molecule has 0 atom stereocenters. The second-order valence-corrected chi connectivity index (χ2v) is 7.61. The fourth-order valence-corrected chi connectivity index (χ4v) is 3.72. The summed E-state index contributed by atoms with van der Waals surface area (Å²) in [5.74, 6) is 0.184. The number of anilines is 1. The molecule has 3 rings (SSSR count). The van der Waals surface area contributed by atoms with Gasteiger partial charge in [-0.15, -0.1) is 10.2 Å². The Hall–Kier alpha value is -1.96. The number of para-hydroxylation sites is 1. The largest absolute Gasteiger partial charge is 0.324 e. The molecule has 5 nitrogen and oxygen atoms in total. The first-order valence-corrected chi connectivity index (χ1v) is 9.59. The first-order chi connectivity index (χ1) is 12.1. The second-order valence-electron chi connectivity index (χ2n) is 5.11. The molecular weight excluding hydrogens is 376 g/mol. The van der Waals surface area contributed by atoms with Crippen LogP contribution in [0.5, 0.6) is 0 Å². The number of hydrogen-bond donors (Lipinski definition) is 1. The zero-order valence-corrected chi connectivity index (χ0v) is 15.7. The van der Waals surface area contributed by atoms with Crippen LogP contribution in [0.25, 0.3) is 0 Å². The SMILES string of the molecule is Cn1cnnc1SCC(=O)Nc1ccccc1Sc1ccc(Cl)cc1. The highest BCUT2D eigenvalue weighted by molar-refractivity contribution is 8.00. The fraction of sp³-hybridized carbons (Fsp3) is 0.118. The third-order valence-corrected chi connectivity index (χ3v) is 5.57. The molecule has 8 heteroatoms. The Bertz CT molecular complexity index is 867. The summed E-state index contributed by atoms with van der Waals surface area (Å²) in [5, 5.41) is 12.1. The predicted molar refractivity (Wildman–Crippen MR) is 102 cm³/mol. The molecule has 2 aromatic carbocycles. The lowest BCUT2D eigenvalue weighted by Gasteiger charge is -2.10. The Labute approximate surface area is 159 Å². The monoisotopic (exact) mass is 390 g/mol. The molecule has 0 saturated carbocycles. The second kappa shape index (κ2) is 8.42. The van der Waals surface area contributed by atoms with Gasteiger partial charge in [0, 0.05) is 21.9 Å². The van der Waals surface area contributed by atoms with Crippen LogP contribution in [0, 0.1) is 0 Å². The maximum absolute atomic E-state index is 12.3. The van der Waals surface area contributed by atoms with Gasteiger partial charge in [-0.1, -0.05) is 47.3 Å². The minimum absolute atomic E-state index is 0.0860. The number of aromatic nitrogens is 3. The van der Waals surface area contributed by atoms with Crippen LogP contribution >= 0.6 is 35.1 Å². The summed E-state index contributed by atoms with van der Waals surface area (Å²) >= 11 is 8.85. The molecule has 3 aromatic rings. The lowest BCUT2D eigenvalue weighted by Crippen LogP contribution is -2.15. The van der Waals surface area contributed by atoms with Crippen molar-refractivity contribution < 1.29 is 4.79 Å². The molecule has 1 aromatic heterocycles. The Morgan fingerprint density at radius 1 is 1.20 bits per heavy atom. The number of aryl methyl sites for hydroxylation is 1. The summed E-state index contributed by atoms with van der Waals surface area (Å²) in [6.07, 6.45) is 1.61. The number of nitrogens with zero attached hydrogens (tertiary/aromatic N) is 3. The van der Waals surface area contributed by atoms with Crippen molar-refractivity contribution in [2.24, 2.45) is 7.05 Å². The van der Waals surface area contributed by atoms with Crippen molar-refractivity contribution in [2.75, 3.05) is 11.1 Å². The van der Waals surface area contributed by atoms with Crippen molar-refractivity contribution in [2.45, 2.75) is 14.9 Å². The number of rotatable bonds is 6. The van der Waals surface area contributed by atoms with Gasteiger partial charge in [0.05, 0.1) is 11.4 Å². The van der Waals surface area contributed by atoms with E-state index in [0.29, 0.717) is 10.2 Å². The van der Waals surface area contributed by atoms with E-state index in [1.807, 2.05) is 55.6 Å². The molecule has 0 unspecified atom stereocenters. The number of hydrogen-bond acceptors (Lipinski definition) is 5. The van der Waals surface area contributed by atoms with E-state index in [-0.39, 0.29) is 11.7 Å². The third kappa shape index (κ3) is 5.01. The highest BCUT2D eigenvalue weighted by atomic mass is 35.5. The molecular formula is C17H15ClN4OS2. The molecule has 0 spiro atoms. The molecule has 1 N–H and O–H groups in total. The molecule has 128 valence electrons. The zero-order valence-electron chi connectivity index (χ0n) is 13.3. The molecule has 0 saturated heterocycles. The molecule has 0 bridgehead atoms. The van der Waals surface area contributed by atoms with Gasteiger partial charge in [-0.2, -0.15) is 0 Å². The van der Waals surface area contributed by atoms with Crippen molar-refractivity contribution in [3.63, 3.8) is 0 Å². The maximum atomic E-state index is 12.3. The minimum atomic E-state index is -0.0860. The maximum Gasteiger partial charge on any atom is 0.234 e. The van der Waals surface area contributed by atoms with E-state index in [9.17, 15) is 4.79 Å². The summed E-state index contributed by atoms with van der Waals surface area (Å²) in [6, 6.07) is 15.3. The van der Waals surface area contributed by atoms with Crippen molar-refractivity contribution in [3.05, 3.63) is 59.9 Å². The van der Waals surface area contributed by atoms with Crippen LogP contribution < -0.4 is 5.32 Å². The van der Waals surface area contributed by atoms with Crippen molar-refractivity contribution in [1.82, 2.24) is 14.8 Å². The quantitative estimate of drug-likeness (QED) is 0.634. The summed E-state index contributed by atoms with van der Waals surface area (Å²) in [5.41, 5.74) is 0.783. The highest BCUT2D eigenvalue weighted by Crippen LogP contribution is 2.34. The van der Waals surface area contributed by atoms with Crippen LogP contribution in [0.3, 0.4) is 0 Å². The van der Waals surface area contributed by atoms with Gasteiger partial charge >= 0.3 is 0 Å². The lowest BCUT2D eigenvalue weighted by molar-refractivity contribution is -0.113. The number of carbonyl (C=O) groups excluding carboxylic acids is 1. The molecule has 0 radical (unpaired) electrons. The van der Waals surface area contributed by atoms with E-state index in [1.54, 1.807) is 22.7 Å². The van der Waals surface area contributed by atoms with Gasteiger partial charge in [0.15, 0.2) is 5.16 Å². The van der Waals surface area contributed by atoms with E-state index in [0.717, 1.165) is 15.5 Å². The average molecular weight is 391 g/mol. The topological polar surface area (TPSA) is 59.8 Å². The van der Waals surface area contributed by atoms with E-state index < -0.39 is 0 Å². The molecule has 0 aliphatic carbocycles. The van der Waals surface area contributed by atoms with Gasteiger partial charge in [-0.05, 0) is 36.4 Å². The molecule has 0 fully saturated rings. The molecule has 1 heterocycles. The van der Waals surface area contributed by atoms with Gasteiger partial charge in [0.2, 0.25) is 5.91 Å². The smallest absolute Gasteiger partial charge is 0.234 e. The number of halogens is 1. The van der Waals surface area contributed by atoms with E-state index in [2.05, 4.69) is 15.5 Å². The van der Waals surface area contributed by atoms with Crippen molar-refractivity contribution in [1.29, 1.82) is 0 Å². The van der Waals surface area contributed by atoms with Gasteiger partial charge in [-0.3, -0.25) is 4.79 Å². The zero-order chi connectivity index (χ0) is 17.6. The van der Waals surface area contributed by atoms with Gasteiger partial charge in [0.1, 0.15) is 6.33 Å². The number of benzene rings is 2. The van der Waals surface area contributed by atoms with Gasteiger partial charge in [0.25, 0.3) is 0 Å². The number of thioether (sulfide) groups is 1. The highest BCUT2D eigenvalue weighted by Gasteiger charge is 2.10. The summed E-state index contributed by atoms with van der Waals surface area (Å²) in [7, 11) is 1.85. The van der Waals surface area contributed by atoms with Crippen LogP contribution in [-0.2, 0) is 11.8 Å². The van der Waals surface area contributed by atoms with E-state index in [1.165, 1.54) is 11.8 Å². The van der Waals surface area contributed by atoms with E-state index in [4.69, 9.17) is 11.6 Å². The molecule has 0 aliphatic rings. The molecule has 1 amide bonds. The normalized spacial score (nSPS) is 10.6. The van der Waals surface area contributed by atoms with Gasteiger partial charge < -0.3 is 9.88 Å². The Morgan fingerprint density at radius 2 is 1.96 bits per heavy atom. The third-order valence-electron chi connectivity index (χ3n) is 3.20. The van der Waals surface area contributed by atoms with Crippen LogP contribution in [0.15, 0.2) is 69.8 Å². The lowest BCUT2D eigenvalue weighted by atomic mass is 10.3. The summed E-state index contributed by atoms with van der Waals surface area (Å²) in [6.45, 7) is 0. The molecule has 0 aliphatic heterocycles. The van der Waals surface area contributed by atoms with Crippen LogP contribution in [0.2, 0.25) is 5.02 Å². The van der Waals surface area contributed by atoms with Crippen molar-refractivity contribution >= 4 is 46.7 Å². The summed E-state index contributed by atoms with van der Waals surface area (Å²) < 4.78 is 1.78. The number of nitrogens with one attached hydrogen (secondary N) is 1. The fourth-order valence-electron chi connectivity index (χ4n) is 2.01. The summed E-state index contributed by atoms with van der Waals surface area (Å²) in [4.78, 5) is 14.3. The van der Waals surface area contributed by atoms with Crippen molar-refractivity contribution in [3.8, 4) is 0 Å². The Balaban J connectivity index is 1.65. The minimum Gasteiger partial charge on any atom is -0.324 e. The van der Waals surface area contributed by atoms with Crippen LogP contribution in [0.1, 0.15) is 0 Å². The molecule has 25 heavy (non-hydrogen) atoms. The van der Waals surface area contributed by atoms with Crippen LogP contribution in [0.4, 0.5) is 5.69 Å². The van der Waals surface area contributed by atoms with Crippen LogP contribution in [-0.4, -0.2) is 26.4 Å². The van der Waals surface area contributed by atoms with E-state index >= 15 is 0 Å². The first kappa shape index (κ1) is 17.8.